The van der Waals surface area contributed by atoms with Crippen molar-refractivity contribution in [3.05, 3.63) is 41.2 Å². The molecule has 21 heavy (non-hydrogen) atoms. The highest BCUT2D eigenvalue weighted by molar-refractivity contribution is 5.92. The molecule has 1 unspecified atom stereocenters. The monoisotopic (exact) mass is 285 g/mol. The molecule has 110 valence electrons. The molecule has 0 aliphatic heterocycles. The van der Waals surface area contributed by atoms with E-state index in [1.807, 2.05) is 42.6 Å². The van der Waals surface area contributed by atoms with Gasteiger partial charge in [-0.05, 0) is 44.5 Å². The number of aromatic nitrogens is 1. The van der Waals surface area contributed by atoms with Gasteiger partial charge >= 0.3 is 5.97 Å². The minimum Gasteiger partial charge on any atom is -0.462 e. The number of fused-ring (bicyclic) bond motifs is 1. The SMILES string of the molecule is C#CCOC(C)c1c(C)c(C(=O)OCC)cc2cccn12. The maximum absolute atomic E-state index is 12.1. The van der Waals surface area contributed by atoms with E-state index in [4.69, 9.17) is 15.9 Å². The number of carbonyl (C=O) groups is 1. The van der Waals surface area contributed by atoms with Crippen molar-refractivity contribution < 1.29 is 14.3 Å². The summed E-state index contributed by atoms with van der Waals surface area (Å²) in [5, 5.41) is 0. The van der Waals surface area contributed by atoms with Crippen LogP contribution in [0.5, 0.6) is 0 Å². The van der Waals surface area contributed by atoms with Gasteiger partial charge in [0.15, 0.2) is 0 Å². The molecule has 0 aliphatic carbocycles. The highest BCUT2D eigenvalue weighted by atomic mass is 16.5. The van der Waals surface area contributed by atoms with Gasteiger partial charge in [-0.15, -0.1) is 6.42 Å². The lowest BCUT2D eigenvalue weighted by Crippen LogP contribution is -2.14. The van der Waals surface area contributed by atoms with Crippen LogP contribution in [-0.2, 0) is 9.47 Å². The molecule has 2 aromatic heterocycles. The summed E-state index contributed by atoms with van der Waals surface area (Å²) < 4.78 is 12.8. The van der Waals surface area contributed by atoms with E-state index in [0.717, 1.165) is 16.8 Å². The van der Waals surface area contributed by atoms with Crippen LogP contribution in [-0.4, -0.2) is 23.6 Å². The third-order valence-corrected chi connectivity index (χ3v) is 3.42. The molecule has 0 spiro atoms. The molecule has 0 bridgehead atoms. The van der Waals surface area contributed by atoms with Crippen molar-refractivity contribution in [1.82, 2.24) is 4.40 Å². The Morgan fingerprint density at radius 2 is 2.29 bits per heavy atom. The Morgan fingerprint density at radius 3 is 2.95 bits per heavy atom. The van der Waals surface area contributed by atoms with Gasteiger partial charge in [0, 0.05) is 11.7 Å². The molecule has 0 saturated carbocycles. The number of terminal acetylenes is 1. The van der Waals surface area contributed by atoms with E-state index in [0.29, 0.717) is 12.2 Å². The molecule has 4 heteroatoms. The van der Waals surface area contributed by atoms with E-state index in [-0.39, 0.29) is 18.7 Å². The summed E-state index contributed by atoms with van der Waals surface area (Å²) in [6.45, 7) is 6.20. The average Bonchev–Trinajstić information content (AvgIpc) is 2.92. The second kappa shape index (κ2) is 6.47. The minimum absolute atomic E-state index is 0.217. The number of esters is 1. The quantitative estimate of drug-likeness (QED) is 0.626. The Morgan fingerprint density at radius 1 is 1.52 bits per heavy atom. The molecule has 0 N–H and O–H groups in total. The zero-order valence-electron chi connectivity index (χ0n) is 12.6. The average molecular weight is 285 g/mol. The summed E-state index contributed by atoms with van der Waals surface area (Å²) >= 11 is 0. The van der Waals surface area contributed by atoms with Crippen molar-refractivity contribution in [3.8, 4) is 12.3 Å². The van der Waals surface area contributed by atoms with Gasteiger partial charge < -0.3 is 13.9 Å². The lowest BCUT2D eigenvalue weighted by Gasteiger charge is -2.19. The second-order valence-corrected chi connectivity index (χ2v) is 4.75. The van der Waals surface area contributed by atoms with Gasteiger partial charge in [0.2, 0.25) is 0 Å². The van der Waals surface area contributed by atoms with Crippen LogP contribution in [0.4, 0.5) is 0 Å². The first-order valence-electron chi connectivity index (χ1n) is 6.92. The first-order valence-corrected chi connectivity index (χ1v) is 6.92. The van der Waals surface area contributed by atoms with Gasteiger partial charge in [-0.2, -0.15) is 0 Å². The molecule has 0 saturated heterocycles. The lowest BCUT2D eigenvalue weighted by molar-refractivity contribution is 0.0524. The zero-order chi connectivity index (χ0) is 15.4. The molecule has 0 fully saturated rings. The van der Waals surface area contributed by atoms with Gasteiger partial charge in [0.25, 0.3) is 0 Å². The van der Waals surface area contributed by atoms with E-state index in [2.05, 4.69) is 5.92 Å². The van der Waals surface area contributed by atoms with Crippen LogP contribution in [0.2, 0.25) is 0 Å². The lowest BCUT2D eigenvalue weighted by atomic mass is 10.0. The number of nitrogens with zero attached hydrogens (tertiary/aromatic N) is 1. The summed E-state index contributed by atoms with van der Waals surface area (Å²) in [4.78, 5) is 12.1. The van der Waals surface area contributed by atoms with Crippen molar-refractivity contribution in [3.63, 3.8) is 0 Å². The molecule has 2 aromatic rings. The van der Waals surface area contributed by atoms with E-state index in [9.17, 15) is 4.79 Å². The Hall–Kier alpha value is -2.25. The minimum atomic E-state index is -0.316. The van der Waals surface area contributed by atoms with E-state index >= 15 is 0 Å². The second-order valence-electron chi connectivity index (χ2n) is 4.75. The maximum atomic E-state index is 12.1. The summed E-state index contributed by atoms with van der Waals surface area (Å²) in [6.07, 6.45) is 6.98. The van der Waals surface area contributed by atoms with Gasteiger partial charge in [0.1, 0.15) is 6.61 Å². The Balaban J connectivity index is 2.56. The largest absolute Gasteiger partial charge is 0.462 e. The fourth-order valence-electron chi connectivity index (χ4n) is 2.48. The van der Waals surface area contributed by atoms with Crippen molar-refractivity contribution in [2.75, 3.05) is 13.2 Å². The van der Waals surface area contributed by atoms with Gasteiger partial charge in [0.05, 0.1) is 24.0 Å². The molecule has 0 radical (unpaired) electrons. The van der Waals surface area contributed by atoms with Crippen LogP contribution in [0.25, 0.3) is 5.52 Å². The van der Waals surface area contributed by atoms with Crippen LogP contribution < -0.4 is 0 Å². The first-order chi connectivity index (χ1) is 10.1. The van der Waals surface area contributed by atoms with Crippen LogP contribution in [0.3, 0.4) is 0 Å². The smallest absolute Gasteiger partial charge is 0.338 e. The Labute approximate surface area is 124 Å². The van der Waals surface area contributed by atoms with Crippen LogP contribution >= 0.6 is 0 Å². The molecule has 0 aliphatic rings. The maximum Gasteiger partial charge on any atom is 0.338 e. The summed E-state index contributed by atoms with van der Waals surface area (Å²) in [5.74, 6) is 2.15. The van der Waals surface area contributed by atoms with Crippen LogP contribution in [0, 0.1) is 19.3 Å². The fourth-order valence-corrected chi connectivity index (χ4v) is 2.48. The van der Waals surface area contributed by atoms with E-state index in [1.165, 1.54) is 0 Å². The van der Waals surface area contributed by atoms with Crippen molar-refractivity contribution in [1.29, 1.82) is 0 Å². The molecule has 2 rings (SSSR count). The van der Waals surface area contributed by atoms with Crippen molar-refractivity contribution in [2.24, 2.45) is 0 Å². The number of pyridine rings is 1. The van der Waals surface area contributed by atoms with E-state index in [1.54, 1.807) is 6.92 Å². The van der Waals surface area contributed by atoms with Crippen molar-refractivity contribution >= 4 is 11.5 Å². The molecule has 0 aromatic carbocycles. The number of hydrogen-bond donors (Lipinski definition) is 0. The van der Waals surface area contributed by atoms with E-state index < -0.39 is 0 Å². The van der Waals surface area contributed by atoms with Gasteiger partial charge in [-0.25, -0.2) is 4.79 Å². The fraction of sp³-hybridized carbons (Fsp3) is 0.353. The molecule has 2 heterocycles. The predicted molar refractivity (Wildman–Crippen MR) is 81.3 cm³/mol. The Kier molecular flexibility index (Phi) is 4.66. The van der Waals surface area contributed by atoms with Crippen LogP contribution in [0.1, 0.15) is 41.6 Å². The zero-order valence-corrected chi connectivity index (χ0v) is 12.6. The third-order valence-electron chi connectivity index (χ3n) is 3.42. The normalized spacial score (nSPS) is 12.1. The molecule has 4 nitrogen and oxygen atoms in total. The number of rotatable bonds is 5. The van der Waals surface area contributed by atoms with Gasteiger partial charge in [-0.3, -0.25) is 0 Å². The summed E-state index contributed by atoms with van der Waals surface area (Å²) in [6, 6.07) is 5.71. The van der Waals surface area contributed by atoms with Crippen LogP contribution in [0.15, 0.2) is 24.4 Å². The highest BCUT2D eigenvalue weighted by Crippen LogP contribution is 2.26. The number of ether oxygens (including phenoxy) is 2. The third kappa shape index (κ3) is 2.93. The first kappa shape index (κ1) is 15.1. The van der Waals surface area contributed by atoms with Crippen molar-refractivity contribution in [2.45, 2.75) is 26.9 Å². The summed E-state index contributed by atoms with van der Waals surface area (Å²) in [5.41, 5.74) is 3.25. The highest BCUT2D eigenvalue weighted by Gasteiger charge is 2.20. The topological polar surface area (TPSA) is 39.9 Å². The standard InChI is InChI=1S/C17H19NO3/c1-5-10-21-13(4)16-12(3)15(17(19)20-6-2)11-14-8-7-9-18(14)16/h1,7-9,11,13H,6,10H2,2-4H3. The predicted octanol–water partition coefficient (Wildman–Crippen LogP) is 3.14. The molecular formula is C17H19NO3. The van der Waals surface area contributed by atoms with Gasteiger partial charge in [-0.1, -0.05) is 5.92 Å². The molecular weight excluding hydrogens is 266 g/mol. The molecule has 0 amide bonds. The number of hydrogen-bond acceptors (Lipinski definition) is 3. The summed E-state index contributed by atoms with van der Waals surface area (Å²) in [7, 11) is 0. The molecule has 1 atom stereocenters. The Bertz CT molecular complexity index is 694. The number of carbonyl (C=O) groups excluding carboxylic acids is 1.